The molecule has 0 bridgehead atoms. The van der Waals surface area contributed by atoms with Crippen molar-refractivity contribution in [2.24, 2.45) is 0 Å². The fraction of sp³-hybridized carbons (Fsp3) is 0.154. The van der Waals surface area contributed by atoms with Gasteiger partial charge in [0.1, 0.15) is 0 Å². The predicted octanol–water partition coefficient (Wildman–Crippen LogP) is 3.98. The number of nitro benzene ring substituents is 1. The molecule has 0 radical (unpaired) electrons. The van der Waals surface area contributed by atoms with Crippen molar-refractivity contribution in [1.29, 1.82) is 0 Å². The summed E-state index contributed by atoms with van der Waals surface area (Å²) in [5.74, 6) is 0. The van der Waals surface area contributed by atoms with Crippen molar-refractivity contribution >= 4 is 5.69 Å². The average Bonchev–Trinajstić information content (AvgIpc) is 2.37. The van der Waals surface area contributed by atoms with Crippen molar-refractivity contribution in [3.05, 3.63) is 57.9 Å². The van der Waals surface area contributed by atoms with Crippen molar-refractivity contribution in [3.63, 3.8) is 0 Å². The van der Waals surface area contributed by atoms with E-state index in [-0.39, 0.29) is 22.5 Å². The molecule has 0 aliphatic heterocycles. The number of pyridine rings is 1. The van der Waals surface area contributed by atoms with E-state index in [2.05, 4.69) is 4.98 Å². The van der Waals surface area contributed by atoms with Crippen molar-refractivity contribution in [3.8, 4) is 11.1 Å². The lowest BCUT2D eigenvalue weighted by atomic mass is 9.99. The third-order valence-electron chi connectivity index (χ3n) is 2.74. The van der Waals surface area contributed by atoms with Gasteiger partial charge in [0, 0.05) is 23.5 Å². The number of nitro groups is 1. The van der Waals surface area contributed by atoms with E-state index in [9.17, 15) is 23.3 Å². The Morgan fingerprint density at radius 2 is 1.85 bits per heavy atom. The minimum atomic E-state index is -4.60. The van der Waals surface area contributed by atoms with E-state index < -0.39 is 16.7 Å². The van der Waals surface area contributed by atoms with Crippen LogP contribution >= 0.6 is 0 Å². The zero-order valence-corrected chi connectivity index (χ0v) is 10.3. The van der Waals surface area contributed by atoms with Gasteiger partial charge in [-0.05, 0) is 19.1 Å². The van der Waals surface area contributed by atoms with Crippen LogP contribution in [0.25, 0.3) is 11.1 Å². The molecule has 0 aliphatic rings. The molecule has 20 heavy (non-hydrogen) atoms. The largest absolute Gasteiger partial charge is 0.417 e. The Morgan fingerprint density at radius 1 is 1.20 bits per heavy atom. The second kappa shape index (κ2) is 4.92. The SMILES string of the molecule is Cc1cc(C(F)(F)F)c(-c2ccccc2[N+](=O)[O-])cn1. The molecule has 2 rings (SSSR count). The molecule has 0 spiro atoms. The number of rotatable bonds is 2. The second-order valence-electron chi connectivity index (χ2n) is 4.14. The first-order valence-electron chi connectivity index (χ1n) is 5.58. The van der Waals surface area contributed by atoms with E-state index in [1.807, 2.05) is 0 Å². The van der Waals surface area contributed by atoms with Gasteiger partial charge in [-0.1, -0.05) is 12.1 Å². The molecule has 2 aromatic rings. The molecule has 1 aromatic carbocycles. The summed E-state index contributed by atoms with van der Waals surface area (Å²) in [6.45, 7) is 1.43. The zero-order valence-electron chi connectivity index (χ0n) is 10.3. The van der Waals surface area contributed by atoms with Crippen LogP contribution in [0, 0.1) is 17.0 Å². The van der Waals surface area contributed by atoms with E-state index >= 15 is 0 Å². The Morgan fingerprint density at radius 3 is 2.45 bits per heavy atom. The first kappa shape index (κ1) is 14.0. The minimum absolute atomic E-state index is 0.0997. The predicted molar refractivity (Wildman–Crippen MR) is 66.1 cm³/mol. The zero-order chi connectivity index (χ0) is 14.9. The molecule has 0 aliphatic carbocycles. The number of halogens is 3. The molecule has 1 heterocycles. The smallest absolute Gasteiger partial charge is 0.261 e. The van der Waals surface area contributed by atoms with Crippen molar-refractivity contribution in [2.75, 3.05) is 0 Å². The van der Waals surface area contributed by atoms with Gasteiger partial charge in [-0.15, -0.1) is 0 Å². The second-order valence-corrected chi connectivity index (χ2v) is 4.14. The Kier molecular flexibility index (Phi) is 3.44. The summed E-state index contributed by atoms with van der Waals surface area (Å²) in [6, 6.07) is 6.17. The Hall–Kier alpha value is -2.44. The Balaban J connectivity index is 2.74. The number of aryl methyl sites for hydroxylation is 1. The van der Waals surface area contributed by atoms with Crippen LogP contribution in [-0.4, -0.2) is 9.91 Å². The number of alkyl halides is 3. The fourth-order valence-electron chi connectivity index (χ4n) is 1.87. The lowest BCUT2D eigenvalue weighted by Crippen LogP contribution is -2.09. The summed E-state index contributed by atoms with van der Waals surface area (Å²) >= 11 is 0. The molecule has 0 atom stereocenters. The maximum absolute atomic E-state index is 13.0. The fourth-order valence-corrected chi connectivity index (χ4v) is 1.87. The molecule has 1 aromatic heterocycles. The molecule has 7 heteroatoms. The van der Waals surface area contributed by atoms with Crippen LogP contribution in [0.1, 0.15) is 11.3 Å². The molecule has 0 N–H and O–H groups in total. The Labute approximate surface area is 112 Å². The van der Waals surface area contributed by atoms with Gasteiger partial charge in [0.2, 0.25) is 0 Å². The summed E-state index contributed by atoms with van der Waals surface area (Å²) in [5, 5.41) is 10.9. The summed E-state index contributed by atoms with van der Waals surface area (Å²) in [6.07, 6.45) is -3.59. The molecule has 0 saturated heterocycles. The topological polar surface area (TPSA) is 56.0 Å². The summed E-state index contributed by atoms with van der Waals surface area (Å²) in [5.41, 5.74) is -1.52. The van der Waals surface area contributed by atoms with Gasteiger partial charge < -0.3 is 0 Å². The highest BCUT2D eigenvalue weighted by Gasteiger charge is 2.35. The molecule has 0 fully saturated rings. The van der Waals surface area contributed by atoms with E-state index in [0.29, 0.717) is 0 Å². The van der Waals surface area contributed by atoms with Gasteiger partial charge in [-0.2, -0.15) is 13.2 Å². The van der Waals surface area contributed by atoms with E-state index in [0.717, 1.165) is 18.3 Å². The first-order valence-corrected chi connectivity index (χ1v) is 5.58. The Bertz CT molecular complexity index is 669. The molecule has 0 unspecified atom stereocenters. The van der Waals surface area contributed by atoms with Crippen LogP contribution in [0.2, 0.25) is 0 Å². The van der Waals surface area contributed by atoms with Gasteiger partial charge in [0.25, 0.3) is 5.69 Å². The van der Waals surface area contributed by atoms with E-state index in [1.54, 1.807) is 0 Å². The van der Waals surface area contributed by atoms with Gasteiger partial charge in [0.15, 0.2) is 0 Å². The molecule has 0 amide bonds. The molecule has 104 valence electrons. The van der Waals surface area contributed by atoms with Crippen LogP contribution in [0.4, 0.5) is 18.9 Å². The van der Waals surface area contributed by atoms with Crippen molar-refractivity contribution in [1.82, 2.24) is 4.98 Å². The normalized spacial score (nSPS) is 11.4. The number of hydrogen-bond donors (Lipinski definition) is 0. The third-order valence-corrected chi connectivity index (χ3v) is 2.74. The van der Waals surface area contributed by atoms with Gasteiger partial charge in [-0.25, -0.2) is 0 Å². The first-order chi connectivity index (χ1) is 9.30. The summed E-state index contributed by atoms with van der Waals surface area (Å²) in [7, 11) is 0. The van der Waals surface area contributed by atoms with Gasteiger partial charge in [0.05, 0.1) is 16.1 Å². The number of aromatic nitrogens is 1. The van der Waals surface area contributed by atoms with E-state index in [1.165, 1.54) is 25.1 Å². The van der Waals surface area contributed by atoms with Crippen LogP contribution in [0.3, 0.4) is 0 Å². The van der Waals surface area contributed by atoms with Crippen molar-refractivity contribution in [2.45, 2.75) is 13.1 Å². The average molecular weight is 282 g/mol. The molecule has 4 nitrogen and oxygen atoms in total. The molecular formula is C13H9F3N2O2. The number of hydrogen-bond acceptors (Lipinski definition) is 3. The van der Waals surface area contributed by atoms with Crippen LogP contribution in [-0.2, 0) is 6.18 Å². The number of nitrogens with zero attached hydrogens (tertiary/aromatic N) is 2. The lowest BCUT2D eigenvalue weighted by Gasteiger charge is -2.13. The third kappa shape index (κ3) is 2.61. The molecular weight excluding hydrogens is 273 g/mol. The quantitative estimate of drug-likeness (QED) is 0.618. The van der Waals surface area contributed by atoms with Crippen molar-refractivity contribution < 1.29 is 18.1 Å². The highest BCUT2D eigenvalue weighted by Crippen LogP contribution is 2.39. The monoisotopic (exact) mass is 282 g/mol. The standard InChI is InChI=1S/C13H9F3N2O2/c1-8-6-11(13(14,15)16)10(7-17-8)9-4-2-3-5-12(9)18(19)20/h2-7H,1H3. The minimum Gasteiger partial charge on any atom is -0.261 e. The highest BCUT2D eigenvalue weighted by molar-refractivity contribution is 5.76. The maximum atomic E-state index is 13.0. The number of para-hydroxylation sites is 1. The molecule has 0 saturated carbocycles. The van der Waals surface area contributed by atoms with Crippen LogP contribution in [0.15, 0.2) is 36.5 Å². The van der Waals surface area contributed by atoms with Gasteiger partial charge >= 0.3 is 6.18 Å². The summed E-state index contributed by atoms with van der Waals surface area (Å²) in [4.78, 5) is 14.0. The van der Waals surface area contributed by atoms with Crippen LogP contribution < -0.4 is 0 Å². The highest BCUT2D eigenvalue weighted by atomic mass is 19.4. The summed E-state index contributed by atoms with van der Waals surface area (Å²) < 4.78 is 39.1. The van der Waals surface area contributed by atoms with Gasteiger partial charge in [-0.3, -0.25) is 15.1 Å². The number of benzene rings is 1. The van der Waals surface area contributed by atoms with Crippen LogP contribution in [0.5, 0.6) is 0 Å². The lowest BCUT2D eigenvalue weighted by molar-refractivity contribution is -0.384. The maximum Gasteiger partial charge on any atom is 0.417 e. The van der Waals surface area contributed by atoms with E-state index in [4.69, 9.17) is 0 Å².